The average Bonchev–Trinajstić information content (AvgIpc) is 3.27. The normalized spacial score (nSPS) is 12.6. The number of hydrogen-bond acceptors (Lipinski definition) is 2. The first-order chi connectivity index (χ1) is 27.7. The van der Waals surface area contributed by atoms with Gasteiger partial charge in [0.05, 0.1) is 0 Å². The summed E-state index contributed by atoms with van der Waals surface area (Å²) >= 11 is 0. The van der Waals surface area contributed by atoms with Crippen molar-refractivity contribution in [2.45, 2.75) is 6.92 Å². The Morgan fingerprint density at radius 1 is 0.357 bits per heavy atom. The van der Waals surface area contributed by atoms with Crippen LogP contribution < -0.4 is 20.6 Å². The Morgan fingerprint density at radius 3 is 1.46 bits per heavy atom. The highest BCUT2D eigenvalue weighted by atomic mass is 15.2. The van der Waals surface area contributed by atoms with Gasteiger partial charge in [-0.2, -0.15) is 0 Å². The van der Waals surface area contributed by atoms with Crippen LogP contribution >= 0.6 is 0 Å². The molecule has 3 heteroatoms. The summed E-state index contributed by atoms with van der Waals surface area (Å²) < 4.78 is 0. The zero-order valence-corrected chi connectivity index (χ0v) is 31.1. The van der Waals surface area contributed by atoms with E-state index in [4.69, 9.17) is 0 Å². The zero-order chi connectivity index (χ0) is 37.2. The molecule has 0 saturated heterocycles. The van der Waals surface area contributed by atoms with Gasteiger partial charge in [0.1, 0.15) is 0 Å². The van der Waals surface area contributed by atoms with Crippen molar-refractivity contribution in [2.75, 3.05) is 9.71 Å². The van der Waals surface area contributed by atoms with E-state index >= 15 is 0 Å². The third-order valence-corrected chi connectivity index (χ3v) is 11.6. The van der Waals surface area contributed by atoms with E-state index in [1.807, 2.05) is 0 Å². The molecule has 0 N–H and O–H groups in total. The van der Waals surface area contributed by atoms with Crippen molar-refractivity contribution in [1.82, 2.24) is 0 Å². The number of anilines is 5. The number of benzene rings is 9. The Morgan fingerprint density at radius 2 is 0.857 bits per heavy atom. The molecule has 2 nitrogen and oxygen atoms in total. The van der Waals surface area contributed by atoms with E-state index in [9.17, 15) is 0 Å². The molecule has 0 amide bonds. The zero-order valence-electron chi connectivity index (χ0n) is 31.1. The highest BCUT2D eigenvalue weighted by Crippen LogP contribution is 2.48. The molecule has 0 aromatic heterocycles. The first-order valence-electron chi connectivity index (χ1n) is 19.5. The van der Waals surface area contributed by atoms with Crippen LogP contribution in [-0.2, 0) is 0 Å². The van der Waals surface area contributed by atoms with Crippen molar-refractivity contribution < 1.29 is 0 Å². The maximum absolute atomic E-state index is 2.61. The number of rotatable bonds is 5. The summed E-state index contributed by atoms with van der Waals surface area (Å²) in [4.78, 5) is 5.12. The molecule has 0 fully saturated rings. The summed E-state index contributed by atoms with van der Waals surface area (Å²) in [5.74, 6) is 0. The maximum atomic E-state index is 2.61. The number of hydrogen-bond donors (Lipinski definition) is 0. The van der Waals surface area contributed by atoms with Gasteiger partial charge in [-0.05, 0) is 122 Å². The minimum atomic E-state index is -0.0738. The minimum absolute atomic E-state index is 0.0738. The Hall–Kier alpha value is -7.10. The molecule has 0 bridgehead atoms. The molecule has 0 aliphatic carbocycles. The second-order valence-electron chi connectivity index (χ2n) is 15.0. The fourth-order valence-corrected chi connectivity index (χ4v) is 9.04. The van der Waals surface area contributed by atoms with Crippen molar-refractivity contribution >= 4 is 57.0 Å². The molecule has 0 atom stereocenters. The molecule has 11 rings (SSSR count). The van der Waals surface area contributed by atoms with E-state index in [0.717, 1.165) is 5.69 Å². The predicted octanol–water partition coefficient (Wildman–Crippen LogP) is 12.9. The molecule has 9 aromatic rings. The van der Waals surface area contributed by atoms with E-state index in [2.05, 4.69) is 223 Å². The lowest BCUT2D eigenvalue weighted by molar-refractivity contribution is 1.26. The topological polar surface area (TPSA) is 6.48 Å². The maximum Gasteiger partial charge on any atom is 0.333 e. The molecule has 9 aromatic carbocycles. The van der Waals surface area contributed by atoms with E-state index < -0.39 is 0 Å². The molecule has 0 radical (unpaired) electrons. The first kappa shape index (κ1) is 32.3. The highest BCUT2D eigenvalue weighted by molar-refractivity contribution is 6.93. The van der Waals surface area contributed by atoms with Crippen LogP contribution in [0.1, 0.15) is 5.56 Å². The van der Waals surface area contributed by atoms with Gasteiger partial charge in [-0.15, -0.1) is 0 Å². The summed E-state index contributed by atoms with van der Waals surface area (Å²) in [6, 6.07) is 75.9. The van der Waals surface area contributed by atoms with Gasteiger partial charge in [-0.1, -0.05) is 158 Å². The number of nitrogens with zero attached hydrogens (tertiary/aromatic N) is 2. The van der Waals surface area contributed by atoms with Crippen LogP contribution in [0.3, 0.4) is 0 Å². The second kappa shape index (κ2) is 13.0. The molecule has 2 aliphatic rings. The third kappa shape index (κ3) is 5.27. The van der Waals surface area contributed by atoms with Crippen molar-refractivity contribution in [3.05, 3.63) is 212 Å². The third-order valence-electron chi connectivity index (χ3n) is 11.6. The molecule has 262 valence electrons. The number of fused-ring (bicyclic) bond motifs is 5. The van der Waals surface area contributed by atoms with Gasteiger partial charge in [0.15, 0.2) is 0 Å². The van der Waals surface area contributed by atoms with Crippen LogP contribution in [0.2, 0.25) is 0 Å². The largest absolute Gasteiger partial charge is 0.376 e. The van der Waals surface area contributed by atoms with E-state index in [1.165, 1.54) is 94.5 Å². The molecular formula is C53H37BN2. The molecule has 2 aliphatic heterocycles. The molecule has 0 saturated carbocycles. The fraction of sp³-hybridized carbons (Fsp3) is 0.0189. The Bertz CT molecular complexity index is 2900. The standard InChI is InChI=1S/C53H37BN2/c1-36-31-48-47-33-42-19-11-12-20-43(42)35-51(47)56(46-28-23-41(24-29-46)38-15-7-3-8-16-38)54-49-34-44(39-17-9-4-10-18-39)25-30-50(49)55(52(32-36)53(48)54)45-26-21-40(22-27-45)37-13-5-2-6-14-37/h2-35H,1H3. The summed E-state index contributed by atoms with van der Waals surface area (Å²) in [5.41, 5.74) is 19.6. The van der Waals surface area contributed by atoms with E-state index in [1.54, 1.807) is 0 Å². The van der Waals surface area contributed by atoms with Crippen molar-refractivity contribution in [3.63, 3.8) is 0 Å². The van der Waals surface area contributed by atoms with Crippen LogP contribution in [0.4, 0.5) is 28.4 Å². The lowest BCUT2D eigenvalue weighted by Crippen LogP contribution is -2.61. The summed E-state index contributed by atoms with van der Waals surface area (Å²) in [6.45, 7) is 2.17. The van der Waals surface area contributed by atoms with Crippen LogP contribution in [-0.4, -0.2) is 6.85 Å². The second-order valence-corrected chi connectivity index (χ2v) is 15.0. The van der Waals surface area contributed by atoms with E-state index in [0.29, 0.717) is 0 Å². The lowest BCUT2D eigenvalue weighted by Gasteiger charge is -2.46. The van der Waals surface area contributed by atoms with Gasteiger partial charge in [0.25, 0.3) is 0 Å². The van der Waals surface area contributed by atoms with Crippen molar-refractivity contribution in [3.8, 4) is 44.5 Å². The van der Waals surface area contributed by atoms with Crippen molar-refractivity contribution in [2.24, 2.45) is 0 Å². The lowest BCUT2D eigenvalue weighted by atomic mass is 9.43. The monoisotopic (exact) mass is 712 g/mol. The summed E-state index contributed by atoms with van der Waals surface area (Å²) in [6.07, 6.45) is 0. The molecule has 2 heterocycles. The molecular weight excluding hydrogens is 675 g/mol. The highest BCUT2D eigenvalue weighted by Gasteiger charge is 2.45. The minimum Gasteiger partial charge on any atom is -0.376 e. The van der Waals surface area contributed by atoms with Gasteiger partial charge in [0, 0.05) is 34.0 Å². The van der Waals surface area contributed by atoms with Gasteiger partial charge in [-0.25, -0.2) is 0 Å². The fourth-order valence-electron chi connectivity index (χ4n) is 9.04. The van der Waals surface area contributed by atoms with Gasteiger partial charge >= 0.3 is 6.85 Å². The van der Waals surface area contributed by atoms with Gasteiger partial charge in [0.2, 0.25) is 0 Å². The van der Waals surface area contributed by atoms with Gasteiger partial charge < -0.3 is 9.71 Å². The van der Waals surface area contributed by atoms with Crippen LogP contribution in [0.5, 0.6) is 0 Å². The summed E-state index contributed by atoms with van der Waals surface area (Å²) in [7, 11) is 0. The van der Waals surface area contributed by atoms with Crippen LogP contribution in [0, 0.1) is 6.92 Å². The molecule has 56 heavy (non-hydrogen) atoms. The quantitative estimate of drug-likeness (QED) is 0.164. The predicted molar refractivity (Wildman–Crippen MR) is 239 cm³/mol. The first-order valence-corrected chi connectivity index (χ1v) is 19.5. The Balaban J connectivity index is 1.19. The number of aryl methyl sites for hydroxylation is 1. The SMILES string of the molecule is Cc1cc2c3c(c1)N(c1ccc(-c4ccccc4)cc1)c1ccc(-c4ccccc4)cc1B3N(c1ccc(-c3ccccc3)cc1)c1cc3ccccc3cc1-2. The Kier molecular flexibility index (Phi) is 7.53. The summed E-state index contributed by atoms with van der Waals surface area (Å²) in [5, 5.41) is 2.48. The van der Waals surface area contributed by atoms with Crippen LogP contribution in [0.25, 0.3) is 55.3 Å². The Labute approximate surface area is 328 Å². The molecule has 0 spiro atoms. The van der Waals surface area contributed by atoms with Crippen molar-refractivity contribution in [1.29, 1.82) is 0 Å². The van der Waals surface area contributed by atoms with Gasteiger partial charge in [-0.3, -0.25) is 0 Å². The van der Waals surface area contributed by atoms with E-state index in [-0.39, 0.29) is 6.85 Å². The average molecular weight is 713 g/mol. The van der Waals surface area contributed by atoms with Crippen LogP contribution in [0.15, 0.2) is 206 Å². The smallest absolute Gasteiger partial charge is 0.333 e. The molecule has 0 unspecified atom stereocenters.